The van der Waals surface area contributed by atoms with Gasteiger partial charge >= 0.3 is 11.9 Å². The fourth-order valence-corrected chi connectivity index (χ4v) is 2.90. The highest BCUT2D eigenvalue weighted by molar-refractivity contribution is 5.88. The van der Waals surface area contributed by atoms with E-state index >= 15 is 0 Å². The highest BCUT2D eigenvalue weighted by Crippen LogP contribution is 2.26. The molecule has 0 aliphatic heterocycles. The summed E-state index contributed by atoms with van der Waals surface area (Å²) in [5.41, 5.74) is 2.33. The molecule has 0 aliphatic carbocycles. The van der Waals surface area contributed by atoms with Gasteiger partial charge in [0.05, 0.1) is 7.11 Å². The van der Waals surface area contributed by atoms with Crippen LogP contribution in [-0.4, -0.2) is 19.0 Å². The Labute approximate surface area is 157 Å². The molecule has 2 aromatic carbocycles. The van der Waals surface area contributed by atoms with Gasteiger partial charge in [-0.25, -0.2) is 4.79 Å². The van der Waals surface area contributed by atoms with Crippen molar-refractivity contribution in [3.05, 3.63) is 94.9 Å². The summed E-state index contributed by atoms with van der Waals surface area (Å²) in [5, 5.41) is 0. The molecule has 5 heteroatoms. The first kappa shape index (κ1) is 18.5. The van der Waals surface area contributed by atoms with E-state index in [0.717, 1.165) is 11.1 Å². The Morgan fingerprint density at radius 2 is 1.52 bits per heavy atom. The molecule has 0 radical (unpaired) electrons. The van der Waals surface area contributed by atoms with Crippen LogP contribution in [0.5, 0.6) is 0 Å². The predicted octanol–water partition coefficient (Wildman–Crippen LogP) is 4.25. The maximum absolute atomic E-state index is 12.8. The van der Waals surface area contributed by atoms with Crippen molar-refractivity contribution >= 4 is 11.9 Å². The van der Waals surface area contributed by atoms with Crippen LogP contribution in [-0.2, 0) is 20.9 Å². The molecule has 3 rings (SSSR count). The Bertz CT molecular complexity index is 873. The smallest absolute Gasteiger partial charge is 0.374 e. The summed E-state index contributed by atoms with van der Waals surface area (Å²) in [5.74, 6) is -0.978. The van der Waals surface area contributed by atoms with E-state index in [0.29, 0.717) is 11.3 Å². The maximum Gasteiger partial charge on any atom is 0.374 e. The molecule has 0 aliphatic rings. The second-order valence-electron chi connectivity index (χ2n) is 6.08. The number of furan rings is 1. The summed E-state index contributed by atoms with van der Waals surface area (Å²) in [7, 11) is 1.29. The molecule has 0 N–H and O–H groups in total. The lowest BCUT2D eigenvalue weighted by molar-refractivity contribution is -0.146. The van der Waals surface area contributed by atoms with Crippen molar-refractivity contribution in [3.63, 3.8) is 0 Å². The number of carbonyl (C=O) groups is 2. The number of esters is 2. The molecule has 0 spiro atoms. The zero-order valence-electron chi connectivity index (χ0n) is 15.2. The van der Waals surface area contributed by atoms with Crippen LogP contribution in [0, 0.1) is 6.92 Å². The van der Waals surface area contributed by atoms with E-state index < -0.39 is 11.9 Å². The number of ether oxygens (including phenoxy) is 2. The van der Waals surface area contributed by atoms with Gasteiger partial charge in [0.15, 0.2) is 0 Å². The van der Waals surface area contributed by atoms with Gasteiger partial charge in [0.1, 0.15) is 18.3 Å². The molecule has 3 aromatic rings. The second-order valence-corrected chi connectivity index (χ2v) is 6.08. The van der Waals surface area contributed by atoms with E-state index in [9.17, 15) is 9.59 Å². The van der Waals surface area contributed by atoms with Crippen molar-refractivity contribution in [2.45, 2.75) is 19.4 Å². The third kappa shape index (κ3) is 4.26. The minimum Gasteiger partial charge on any atom is -0.463 e. The third-order valence-electron chi connectivity index (χ3n) is 4.20. The van der Waals surface area contributed by atoms with Gasteiger partial charge < -0.3 is 13.9 Å². The lowest BCUT2D eigenvalue weighted by atomic mass is 9.91. The molecular weight excluding hydrogens is 344 g/mol. The fraction of sp³-hybridized carbons (Fsp3) is 0.182. The number of hydrogen-bond acceptors (Lipinski definition) is 5. The van der Waals surface area contributed by atoms with Gasteiger partial charge in [-0.3, -0.25) is 4.79 Å². The molecule has 0 saturated heterocycles. The number of aryl methyl sites for hydroxylation is 1. The first-order valence-electron chi connectivity index (χ1n) is 8.54. The standard InChI is InChI=1S/C22H20O5/c1-15-13-18(27-20(15)22(24)25-2)14-26-21(23)19(16-9-5-3-6-10-16)17-11-7-4-8-12-17/h3-13,19H,14H2,1-2H3. The number of rotatable bonds is 6. The Kier molecular flexibility index (Phi) is 5.71. The number of benzene rings is 2. The largest absolute Gasteiger partial charge is 0.463 e. The maximum atomic E-state index is 12.8. The van der Waals surface area contributed by atoms with Crippen molar-refractivity contribution in [2.75, 3.05) is 7.11 Å². The zero-order valence-corrected chi connectivity index (χ0v) is 15.2. The molecule has 0 fully saturated rings. The number of carbonyl (C=O) groups excluding carboxylic acids is 2. The lowest BCUT2D eigenvalue weighted by Crippen LogP contribution is -2.17. The van der Waals surface area contributed by atoms with Crippen molar-refractivity contribution in [1.82, 2.24) is 0 Å². The Morgan fingerprint density at radius 3 is 2.04 bits per heavy atom. The number of hydrogen-bond donors (Lipinski definition) is 0. The SMILES string of the molecule is COC(=O)c1oc(COC(=O)C(c2ccccc2)c2ccccc2)cc1C. The normalized spacial score (nSPS) is 10.6. The van der Waals surface area contributed by atoms with Crippen LogP contribution in [0.15, 0.2) is 71.1 Å². The van der Waals surface area contributed by atoms with Crippen LogP contribution in [0.25, 0.3) is 0 Å². The van der Waals surface area contributed by atoms with Gasteiger partial charge in [-0.05, 0) is 24.1 Å². The molecule has 0 amide bonds. The minimum atomic E-state index is -0.559. The molecule has 0 saturated carbocycles. The zero-order chi connectivity index (χ0) is 19.2. The predicted molar refractivity (Wildman–Crippen MR) is 99.3 cm³/mol. The first-order valence-corrected chi connectivity index (χ1v) is 8.54. The van der Waals surface area contributed by atoms with Crippen molar-refractivity contribution < 1.29 is 23.5 Å². The molecular formula is C22H20O5. The summed E-state index contributed by atoms with van der Waals surface area (Å²) in [6.07, 6.45) is 0. The van der Waals surface area contributed by atoms with Gasteiger partial charge in [-0.15, -0.1) is 0 Å². The van der Waals surface area contributed by atoms with E-state index in [1.807, 2.05) is 60.7 Å². The van der Waals surface area contributed by atoms with Crippen LogP contribution in [0.2, 0.25) is 0 Å². The molecule has 0 unspecified atom stereocenters. The first-order chi connectivity index (χ1) is 13.1. The van der Waals surface area contributed by atoms with Crippen molar-refractivity contribution in [2.24, 2.45) is 0 Å². The van der Waals surface area contributed by atoms with Gasteiger partial charge in [0.2, 0.25) is 5.76 Å². The molecule has 138 valence electrons. The van der Waals surface area contributed by atoms with Crippen LogP contribution in [0.3, 0.4) is 0 Å². The molecule has 0 bridgehead atoms. The molecule has 0 atom stereocenters. The third-order valence-corrected chi connectivity index (χ3v) is 4.20. The summed E-state index contributed by atoms with van der Waals surface area (Å²) in [6.45, 7) is 1.67. The van der Waals surface area contributed by atoms with Crippen LogP contribution in [0.1, 0.15) is 38.9 Å². The summed E-state index contributed by atoms with van der Waals surface area (Å²) >= 11 is 0. The van der Waals surface area contributed by atoms with Gasteiger partial charge in [0, 0.05) is 5.56 Å². The highest BCUT2D eigenvalue weighted by Gasteiger charge is 2.25. The summed E-state index contributed by atoms with van der Waals surface area (Å²) in [6, 6.07) is 20.6. The van der Waals surface area contributed by atoms with Crippen molar-refractivity contribution in [1.29, 1.82) is 0 Å². The number of methoxy groups -OCH3 is 1. The molecule has 1 heterocycles. The quantitative estimate of drug-likeness (QED) is 0.612. The Morgan fingerprint density at radius 1 is 0.963 bits per heavy atom. The molecule has 5 nitrogen and oxygen atoms in total. The van der Waals surface area contributed by atoms with Gasteiger partial charge in [-0.1, -0.05) is 60.7 Å². The van der Waals surface area contributed by atoms with Crippen molar-refractivity contribution in [3.8, 4) is 0 Å². The van der Waals surface area contributed by atoms with E-state index in [4.69, 9.17) is 9.15 Å². The average molecular weight is 364 g/mol. The Hall–Kier alpha value is -3.34. The molecule has 27 heavy (non-hydrogen) atoms. The van der Waals surface area contributed by atoms with E-state index in [1.165, 1.54) is 7.11 Å². The Balaban J connectivity index is 1.79. The van der Waals surface area contributed by atoms with E-state index in [1.54, 1.807) is 13.0 Å². The van der Waals surface area contributed by atoms with Crippen LogP contribution in [0.4, 0.5) is 0 Å². The molecule has 1 aromatic heterocycles. The monoisotopic (exact) mass is 364 g/mol. The summed E-state index contributed by atoms with van der Waals surface area (Å²) < 4.78 is 15.6. The summed E-state index contributed by atoms with van der Waals surface area (Å²) in [4.78, 5) is 24.5. The average Bonchev–Trinajstić information content (AvgIpc) is 3.08. The van der Waals surface area contributed by atoms with Crippen LogP contribution < -0.4 is 0 Å². The van der Waals surface area contributed by atoms with Gasteiger partial charge in [0.25, 0.3) is 0 Å². The minimum absolute atomic E-state index is 0.0627. The second kappa shape index (κ2) is 8.36. The highest BCUT2D eigenvalue weighted by atomic mass is 16.6. The lowest BCUT2D eigenvalue weighted by Gasteiger charge is -2.16. The fourth-order valence-electron chi connectivity index (χ4n) is 2.90. The topological polar surface area (TPSA) is 65.7 Å². The van der Waals surface area contributed by atoms with E-state index in [2.05, 4.69) is 4.74 Å². The van der Waals surface area contributed by atoms with E-state index in [-0.39, 0.29) is 18.3 Å². The van der Waals surface area contributed by atoms with Crippen LogP contribution >= 0.6 is 0 Å². The van der Waals surface area contributed by atoms with Gasteiger partial charge in [-0.2, -0.15) is 0 Å².